The van der Waals surface area contributed by atoms with Crippen LogP contribution in [0.2, 0.25) is 0 Å². The van der Waals surface area contributed by atoms with Crippen LogP contribution in [-0.2, 0) is 0 Å². The Bertz CT molecular complexity index is 115. The fourth-order valence-corrected chi connectivity index (χ4v) is 3.33. The van der Waals surface area contributed by atoms with Crippen LogP contribution in [0.1, 0.15) is 27.7 Å². The molecule has 0 aromatic heterocycles. The summed E-state index contributed by atoms with van der Waals surface area (Å²) < 4.78 is 0.837. The second kappa shape index (κ2) is 2.42. The highest BCUT2D eigenvalue weighted by atomic mass is 32.2. The third-order valence-electron chi connectivity index (χ3n) is 1.65. The molecule has 1 rings (SSSR count). The minimum atomic E-state index is 0.418. The van der Waals surface area contributed by atoms with Crippen molar-refractivity contribution in [2.75, 3.05) is 13.1 Å². The zero-order valence-electron chi connectivity index (χ0n) is 7.32. The highest BCUT2D eigenvalue weighted by Crippen LogP contribution is 2.38. The van der Waals surface area contributed by atoms with Crippen molar-refractivity contribution >= 4 is 11.8 Å². The third-order valence-corrected chi connectivity index (χ3v) is 3.05. The topological polar surface area (TPSA) is 12.0 Å². The van der Waals surface area contributed by atoms with Crippen LogP contribution in [-0.4, -0.2) is 22.6 Å². The van der Waals surface area contributed by atoms with Crippen LogP contribution in [0, 0.1) is 0 Å². The standard InChI is InChI=1S/C8H17NS/c1-7(2)5-9-6-8(3,4)10-7/h9H,5-6H2,1-4H3. The molecule has 1 saturated heterocycles. The van der Waals surface area contributed by atoms with Gasteiger partial charge in [-0.25, -0.2) is 0 Å². The van der Waals surface area contributed by atoms with Gasteiger partial charge in [0.1, 0.15) is 0 Å². The van der Waals surface area contributed by atoms with E-state index in [-0.39, 0.29) is 0 Å². The molecule has 0 saturated carbocycles. The Morgan fingerprint density at radius 2 is 1.40 bits per heavy atom. The lowest BCUT2D eigenvalue weighted by Gasteiger charge is -2.40. The third kappa shape index (κ3) is 2.17. The highest BCUT2D eigenvalue weighted by molar-refractivity contribution is 8.02. The molecular formula is C8H17NS. The Morgan fingerprint density at radius 1 is 1.00 bits per heavy atom. The molecule has 1 nitrogen and oxygen atoms in total. The van der Waals surface area contributed by atoms with Crippen LogP contribution in [0.15, 0.2) is 0 Å². The Labute approximate surface area is 68.0 Å². The van der Waals surface area contributed by atoms with Crippen molar-refractivity contribution < 1.29 is 0 Å². The molecule has 1 heterocycles. The molecule has 0 aromatic rings. The van der Waals surface area contributed by atoms with Crippen LogP contribution < -0.4 is 5.32 Å². The molecule has 0 bridgehead atoms. The van der Waals surface area contributed by atoms with Gasteiger partial charge in [0.2, 0.25) is 0 Å². The largest absolute Gasteiger partial charge is 0.314 e. The quantitative estimate of drug-likeness (QED) is 0.579. The molecule has 0 radical (unpaired) electrons. The van der Waals surface area contributed by atoms with Gasteiger partial charge in [-0.05, 0) is 27.7 Å². The van der Waals surface area contributed by atoms with E-state index in [1.807, 2.05) is 0 Å². The van der Waals surface area contributed by atoms with E-state index in [2.05, 4.69) is 44.8 Å². The molecule has 1 aliphatic heterocycles. The van der Waals surface area contributed by atoms with Gasteiger partial charge in [0.05, 0.1) is 0 Å². The molecular weight excluding hydrogens is 142 g/mol. The van der Waals surface area contributed by atoms with E-state index >= 15 is 0 Å². The van der Waals surface area contributed by atoms with E-state index in [1.165, 1.54) is 0 Å². The van der Waals surface area contributed by atoms with Crippen molar-refractivity contribution in [3.63, 3.8) is 0 Å². The average molecular weight is 159 g/mol. The summed E-state index contributed by atoms with van der Waals surface area (Å²) >= 11 is 2.08. The lowest BCUT2D eigenvalue weighted by Crippen LogP contribution is -2.48. The van der Waals surface area contributed by atoms with Crippen LogP contribution in [0.3, 0.4) is 0 Å². The molecule has 2 heteroatoms. The fourth-order valence-electron chi connectivity index (χ4n) is 1.48. The SMILES string of the molecule is CC1(C)CNCC(C)(C)S1. The summed E-state index contributed by atoms with van der Waals surface area (Å²) in [7, 11) is 0. The van der Waals surface area contributed by atoms with Crippen molar-refractivity contribution in [1.82, 2.24) is 5.32 Å². The van der Waals surface area contributed by atoms with E-state index in [0.717, 1.165) is 13.1 Å². The predicted molar refractivity (Wildman–Crippen MR) is 48.6 cm³/mol. The Balaban J connectivity index is 2.56. The molecule has 1 aliphatic rings. The van der Waals surface area contributed by atoms with Crippen molar-refractivity contribution in [3.8, 4) is 0 Å². The second-order valence-corrected chi connectivity index (χ2v) is 6.64. The minimum Gasteiger partial charge on any atom is -0.314 e. The maximum absolute atomic E-state index is 3.44. The first-order chi connectivity index (χ1) is 4.41. The summed E-state index contributed by atoms with van der Waals surface area (Å²) in [6.07, 6.45) is 0. The monoisotopic (exact) mass is 159 g/mol. The molecule has 1 N–H and O–H groups in total. The number of thioether (sulfide) groups is 1. The van der Waals surface area contributed by atoms with Crippen molar-refractivity contribution in [3.05, 3.63) is 0 Å². The molecule has 0 atom stereocenters. The lowest BCUT2D eigenvalue weighted by molar-refractivity contribution is 0.503. The average Bonchev–Trinajstić information content (AvgIpc) is 1.56. The molecule has 10 heavy (non-hydrogen) atoms. The highest BCUT2D eigenvalue weighted by Gasteiger charge is 2.33. The van der Waals surface area contributed by atoms with Gasteiger partial charge in [-0.15, -0.1) is 11.8 Å². The van der Waals surface area contributed by atoms with Crippen LogP contribution >= 0.6 is 11.8 Å². The van der Waals surface area contributed by atoms with Gasteiger partial charge in [0, 0.05) is 22.6 Å². The summed E-state index contributed by atoms with van der Waals surface area (Å²) in [6, 6.07) is 0. The molecule has 60 valence electrons. The smallest absolute Gasteiger partial charge is 0.0234 e. The van der Waals surface area contributed by atoms with Crippen LogP contribution in [0.4, 0.5) is 0 Å². The van der Waals surface area contributed by atoms with Crippen molar-refractivity contribution in [2.45, 2.75) is 37.2 Å². The predicted octanol–water partition coefficient (Wildman–Crippen LogP) is 1.88. The summed E-state index contributed by atoms with van der Waals surface area (Å²) in [4.78, 5) is 0. The van der Waals surface area contributed by atoms with Crippen molar-refractivity contribution in [2.24, 2.45) is 0 Å². The molecule has 0 aliphatic carbocycles. The maximum atomic E-state index is 3.44. The summed E-state index contributed by atoms with van der Waals surface area (Å²) in [5, 5.41) is 3.44. The van der Waals surface area contributed by atoms with Gasteiger partial charge >= 0.3 is 0 Å². The Morgan fingerprint density at radius 3 is 1.60 bits per heavy atom. The number of nitrogens with one attached hydrogen (secondary N) is 1. The molecule has 0 amide bonds. The number of hydrogen-bond donors (Lipinski definition) is 1. The van der Waals surface area contributed by atoms with Gasteiger partial charge in [-0.3, -0.25) is 0 Å². The van der Waals surface area contributed by atoms with Gasteiger partial charge in [0.15, 0.2) is 0 Å². The zero-order valence-corrected chi connectivity index (χ0v) is 8.14. The molecule has 0 unspecified atom stereocenters. The summed E-state index contributed by atoms with van der Waals surface area (Å²) in [5.41, 5.74) is 0. The van der Waals surface area contributed by atoms with E-state index in [9.17, 15) is 0 Å². The zero-order chi connectivity index (χ0) is 7.83. The normalized spacial score (nSPS) is 30.0. The number of rotatable bonds is 0. The van der Waals surface area contributed by atoms with E-state index < -0.39 is 0 Å². The summed E-state index contributed by atoms with van der Waals surface area (Å²) in [6.45, 7) is 11.5. The Hall–Kier alpha value is 0.310. The van der Waals surface area contributed by atoms with Gasteiger partial charge in [0.25, 0.3) is 0 Å². The van der Waals surface area contributed by atoms with Crippen LogP contribution in [0.25, 0.3) is 0 Å². The first kappa shape index (κ1) is 8.41. The second-order valence-electron chi connectivity index (χ2n) is 4.23. The summed E-state index contributed by atoms with van der Waals surface area (Å²) in [5.74, 6) is 0. The van der Waals surface area contributed by atoms with E-state index in [0.29, 0.717) is 9.49 Å². The minimum absolute atomic E-state index is 0.418. The van der Waals surface area contributed by atoms with Gasteiger partial charge < -0.3 is 5.32 Å². The van der Waals surface area contributed by atoms with Gasteiger partial charge in [-0.1, -0.05) is 0 Å². The van der Waals surface area contributed by atoms with E-state index in [4.69, 9.17) is 0 Å². The molecule has 1 fully saturated rings. The molecule has 0 aromatic carbocycles. The fraction of sp³-hybridized carbons (Fsp3) is 1.00. The van der Waals surface area contributed by atoms with Crippen molar-refractivity contribution in [1.29, 1.82) is 0 Å². The van der Waals surface area contributed by atoms with E-state index in [1.54, 1.807) is 0 Å². The Kier molecular flexibility index (Phi) is 2.03. The lowest BCUT2D eigenvalue weighted by atomic mass is 10.1. The first-order valence-electron chi connectivity index (χ1n) is 3.82. The van der Waals surface area contributed by atoms with Gasteiger partial charge in [-0.2, -0.15) is 0 Å². The molecule has 0 spiro atoms. The van der Waals surface area contributed by atoms with Crippen LogP contribution in [0.5, 0.6) is 0 Å². The number of hydrogen-bond acceptors (Lipinski definition) is 2. The maximum Gasteiger partial charge on any atom is 0.0234 e. The first-order valence-corrected chi connectivity index (χ1v) is 4.64.